The Morgan fingerprint density at radius 2 is 2.14 bits per heavy atom. The first-order chi connectivity index (χ1) is 10.2. The first kappa shape index (κ1) is 12.4. The molecule has 0 unspecified atom stereocenters. The molecule has 1 aromatic carbocycles. The van der Waals surface area contributed by atoms with Crippen molar-refractivity contribution in [3.8, 4) is 11.6 Å². The molecule has 2 aromatic heterocycles. The molecule has 0 fully saturated rings. The van der Waals surface area contributed by atoms with Crippen LogP contribution in [0.2, 0.25) is 0 Å². The average Bonchev–Trinajstić information content (AvgIpc) is 2.91. The highest BCUT2D eigenvalue weighted by molar-refractivity contribution is 5.81. The van der Waals surface area contributed by atoms with E-state index in [9.17, 15) is 0 Å². The van der Waals surface area contributed by atoms with Gasteiger partial charge in [0.05, 0.1) is 5.69 Å². The lowest BCUT2D eigenvalue weighted by atomic mass is 10.1. The van der Waals surface area contributed by atoms with Crippen LogP contribution < -0.4 is 5.32 Å². The molecular formula is C16H18N4O. The Morgan fingerprint density at radius 3 is 2.95 bits per heavy atom. The molecule has 0 radical (unpaired) electrons. The standard InChI is InChI=1S/C16H18N4O/c1-10-7-14(20(2)19-10)16-18-13-8-11-5-3-4-6-17-12(11)9-15(13)21-16/h7-9,17H,3-6H2,1-2H3. The van der Waals surface area contributed by atoms with Gasteiger partial charge in [0.25, 0.3) is 0 Å². The molecule has 1 N–H and O–H groups in total. The van der Waals surface area contributed by atoms with Crippen molar-refractivity contribution in [3.63, 3.8) is 0 Å². The molecule has 0 amide bonds. The third-order valence-electron chi connectivity index (χ3n) is 4.02. The molecule has 1 aliphatic rings. The number of benzene rings is 1. The topological polar surface area (TPSA) is 55.9 Å². The zero-order chi connectivity index (χ0) is 14.4. The van der Waals surface area contributed by atoms with Crippen molar-refractivity contribution in [1.82, 2.24) is 14.8 Å². The largest absolute Gasteiger partial charge is 0.435 e. The molecule has 21 heavy (non-hydrogen) atoms. The van der Waals surface area contributed by atoms with Crippen LogP contribution in [0.3, 0.4) is 0 Å². The molecular weight excluding hydrogens is 264 g/mol. The molecule has 4 rings (SSSR count). The van der Waals surface area contributed by atoms with E-state index in [4.69, 9.17) is 4.42 Å². The minimum Gasteiger partial charge on any atom is -0.435 e. The molecule has 0 atom stereocenters. The number of hydrogen-bond acceptors (Lipinski definition) is 4. The lowest BCUT2D eigenvalue weighted by Gasteiger charge is -2.05. The van der Waals surface area contributed by atoms with Gasteiger partial charge in [-0.2, -0.15) is 5.10 Å². The van der Waals surface area contributed by atoms with Gasteiger partial charge in [-0.3, -0.25) is 4.68 Å². The zero-order valence-electron chi connectivity index (χ0n) is 12.3. The summed E-state index contributed by atoms with van der Waals surface area (Å²) in [5.74, 6) is 0.633. The summed E-state index contributed by atoms with van der Waals surface area (Å²) in [4.78, 5) is 4.64. The summed E-state index contributed by atoms with van der Waals surface area (Å²) in [6.45, 7) is 3.00. The highest BCUT2D eigenvalue weighted by atomic mass is 16.3. The maximum atomic E-state index is 5.94. The minimum atomic E-state index is 0.633. The van der Waals surface area contributed by atoms with Gasteiger partial charge in [0.15, 0.2) is 5.58 Å². The van der Waals surface area contributed by atoms with Gasteiger partial charge in [0.2, 0.25) is 5.89 Å². The molecule has 3 heterocycles. The first-order valence-corrected chi connectivity index (χ1v) is 7.39. The van der Waals surface area contributed by atoms with E-state index >= 15 is 0 Å². The van der Waals surface area contributed by atoms with E-state index in [0.29, 0.717) is 5.89 Å². The van der Waals surface area contributed by atoms with Crippen molar-refractivity contribution in [2.24, 2.45) is 7.05 Å². The van der Waals surface area contributed by atoms with E-state index in [-0.39, 0.29) is 0 Å². The second-order valence-electron chi connectivity index (χ2n) is 5.67. The van der Waals surface area contributed by atoms with E-state index in [1.807, 2.05) is 24.7 Å². The van der Waals surface area contributed by atoms with Crippen LogP contribution in [0.15, 0.2) is 22.6 Å². The Morgan fingerprint density at radius 1 is 1.24 bits per heavy atom. The number of nitrogens with one attached hydrogen (secondary N) is 1. The average molecular weight is 282 g/mol. The quantitative estimate of drug-likeness (QED) is 0.744. The number of oxazole rings is 1. The third-order valence-corrected chi connectivity index (χ3v) is 4.02. The summed E-state index contributed by atoms with van der Waals surface area (Å²) in [6, 6.07) is 6.23. The van der Waals surface area contributed by atoms with Crippen LogP contribution >= 0.6 is 0 Å². The van der Waals surface area contributed by atoms with Crippen molar-refractivity contribution < 1.29 is 4.42 Å². The van der Waals surface area contributed by atoms with Crippen molar-refractivity contribution in [3.05, 3.63) is 29.5 Å². The third kappa shape index (κ3) is 2.09. The van der Waals surface area contributed by atoms with Gasteiger partial charge in [0.1, 0.15) is 11.2 Å². The lowest BCUT2D eigenvalue weighted by molar-refractivity contribution is 0.606. The smallest absolute Gasteiger partial charge is 0.245 e. The van der Waals surface area contributed by atoms with Crippen LogP contribution in [0.25, 0.3) is 22.7 Å². The van der Waals surface area contributed by atoms with E-state index in [0.717, 1.165) is 35.5 Å². The van der Waals surface area contributed by atoms with Gasteiger partial charge in [0, 0.05) is 25.3 Å². The Balaban J connectivity index is 1.85. The summed E-state index contributed by atoms with van der Waals surface area (Å²) in [5.41, 5.74) is 6.15. The summed E-state index contributed by atoms with van der Waals surface area (Å²) >= 11 is 0. The summed E-state index contributed by atoms with van der Waals surface area (Å²) in [6.07, 6.45) is 3.53. The molecule has 0 spiro atoms. The van der Waals surface area contributed by atoms with Crippen molar-refractivity contribution in [1.29, 1.82) is 0 Å². The van der Waals surface area contributed by atoms with Crippen molar-refractivity contribution >= 4 is 16.8 Å². The van der Waals surface area contributed by atoms with Crippen LogP contribution in [-0.2, 0) is 13.5 Å². The van der Waals surface area contributed by atoms with E-state index in [1.54, 1.807) is 0 Å². The van der Waals surface area contributed by atoms with Gasteiger partial charge in [-0.05, 0) is 43.9 Å². The predicted molar refractivity (Wildman–Crippen MR) is 82.4 cm³/mol. The monoisotopic (exact) mass is 282 g/mol. The summed E-state index contributed by atoms with van der Waals surface area (Å²) in [7, 11) is 1.91. The van der Waals surface area contributed by atoms with Gasteiger partial charge < -0.3 is 9.73 Å². The highest BCUT2D eigenvalue weighted by Gasteiger charge is 2.16. The maximum Gasteiger partial charge on any atom is 0.245 e. The maximum absolute atomic E-state index is 5.94. The Hall–Kier alpha value is -2.30. The highest BCUT2D eigenvalue weighted by Crippen LogP contribution is 2.30. The van der Waals surface area contributed by atoms with Gasteiger partial charge >= 0.3 is 0 Å². The fourth-order valence-electron chi connectivity index (χ4n) is 2.97. The summed E-state index contributed by atoms with van der Waals surface area (Å²) in [5, 5.41) is 7.83. The van der Waals surface area contributed by atoms with Crippen molar-refractivity contribution in [2.45, 2.75) is 26.2 Å². The molecule has 0 bridgehead atoms. The minimum absolute atomic E-state index is 0.633. The number of anilines is 1. The number of nitrogens with zero attached hydrogens (tertiary/aromatic N) is 3. The normalized spacial score (nSPS) is 14.8. The molecule has 1 aliphatic heterocycles. The second-order valence-corrected chi connectivity index (χ2v) is 5.67. The van der Waals surface area contributed by atoms with Crippen LogP contribution in [0.5, 0.6) is 0 Å². The molecule has 5 heteroatoms. The Labute approximate surface area is 123 Å². The van der Waals surface area contributed by atoms with Gasteiger partial charge in [-0.1, -0.05) is 0 Å². The van der Waals surface area contributed by atoms with E-state index in [2.05, 4.69) is 27.5 Å². The fraction of sp³-hybridized carbons (Fsp3) is 0.375. The van der Waals surface area contributed by atoms with Crippen LogP contribution in [-0.4, -0.2) is 21.3 Å². The number of fused-ring (bicyclic) bond motifs is 2. The molecule has 0 saturated carbocycles. The van der Waals surface area contributed by atoms with Crippen LogP contribution in [0.4, 0.5) is 5.69 Å². The molecule has 5 nitrogen and oxygen atoms in total. The molecule has 0 saturated heterocycles. The molecule has 0 aliphatic carbocycles. The SMILES string of the molecule is Cc1cc(-c2nc3cc4c(cc3o2)NCCCC4)n(C)n1. The fourth-order valence-corrected chi connectivity index (χ4v) is 2.97. The van der Waals surface area contributed by atoms with Crippen LogP contribution in [0.1, 0.15) is 24.1 Å². The first-order valence-electron chi connectivity index (χ1n) is 7.39. The predicted octanol–water partition coefficient (Wildman–Crippen LogP) is 3.28. The van der Waals surface area contributed by atoms with Gasteiger partial charge in [-0.25, -0.2) is 4.98 Å². The van der Waals surface area contributed by atoms with Crippen LogP contribution in [0, 0.1) is 6.92 Å². The number of aryl methyl sites for hydroxylation is 3. The van der Waals surface area contributed by atoms with E-state index in [1.165, 1.54) is 24.1 Å². The number of hydrogen-bond donors (Lipinski definition) is 1. The zero-order valence-corrected chi connectivity index (χ0v) is 12.3. The number of aromatic nitrogens is 3. The second kappa shape index (κ2) is 4.62. The van der Waals surface area contributed by atoms with Crippen molar-refractivity contribution in [2.75, 3.05) is 11.9 Å². The summed E-state index contributed by atoms with van der Waals surface area (Å²) < 4.78 is 7.75. The molecule has 3 aromatic rings. The number of rotatable bonds is 1. The Bertz CT molecular complexity index is 772. The Kier molecular flexibility index (Phi) is 2.74. The molecule has 108 valence electrons. The van der Waals surface area contributed by atoms with Gasteiger partial charge in [-0.15, -0.1) is 0 Å². The lowest BCUT2D eigenvalue weighted by Crippen LogP contribution is -1.99. The van der Waals surface area contributed by atoms with E-state index < -0.39 is 0 Å².